The van der Waals surface area contributed by atoms with Gasteiger partial charge in [0.2, 0.25) is 0 Å². The zero-order valence-electron chi connectivity index (χ0n) is 29.7. The molecule has 0 amide bonds. The van der Waals surface area contributed by atoms with E-state index in [9.17, 15) is 0 Å². The van der Waals surface area contributed by atoms with Crippen molar-refractivity contribution in [2.24, 2.45) is 0 Å². The fraction of sp³-hybridized carbons (Fsp3) is 0.234. The lowest BCUT2D eigenvalue weighted by molar-refractivity contribution is 0.590. The number of rotatable bonds is 5. The van der Waals surface area contributed by atoms with E-state index in [1.54, 1.807) is 0 Å². The lowest BCUT2D eigenvalue weighted by Crippen LogP contribution is -2.18. The molecule has 6 aromatic carbocycles. The highest BCUT2D eigenvalue weighted by molar-refractivity contribution is 5.95. The molecule has 0 atom stereocenters. The van der Waals surface area contributed by atoms with Gasteiger partial charge in [-0.3, -0.25) is 0 Å². The molecule has 48 heavy (non-hydrogen) atoms. The number of hydrogen-bond acceptors (Lipinski definition) is 1. The van der Waals surface area contributed by atoms with Crippen LogP contribution in [0.15, 0.2) is 140 Å². The van der Waals surface area contributed by atoms with Gasteiger partial charge in [0.1, 0.15) is 0 Å². The van der Waals surface area contributed by atoms with Gasteiger partial charge >= 0.3 is 0 Å². The van der Waals surface area contributed by atoms with Crippen LogP contribution in [-0.4, -0.2) is 0 Å². The Balaban J connectivity index is 1.48. The number of anilines is 3. The summed E-state index contributed by atoms with van der Waals surface area (Å²) >= 11 is 0. The molecule has 0 N–H and O–H groups in total. The van der Waals surface area contributed by atoms with E-state index >= 15 is 0 Å². The SMILES string of the molecule is CC(C)(C)c1ccc(N(c2ccc(C(C)(C)C)cc2)c2cc3c(cc2-c2ccc(-c4ccccc4)cc2)-c2ccccc2C3(C)C)cc1. The van der Waals surface area contributed by atoms with Gasteiger partial charge in [-0.2, -0.15) is 0 Å². The summed E-state index contributed by atoms with van der Waals surface area (Å²) in [6.07, 6.45) is 0. The summed E-state index contributed by atoms with van der Waals surface area (Å²) < 4.78 is 0. The maximum atomic E-state index is 2.48. The van der Waals surface area contributed by atoms with E-state index in [1.165, 1.54) is 61.3 Å². The third-order valence-electron chi connectivity index (χ3n) is 10.2. The molecule has 6 aromatic rings. The van der Waals surface area contributed by atoms with Gasteiger partial charge < -0.3 is 4.90 Å². The third-order valence-corrected chi connectivity index (χ3v) is 10.2. The molecule has 7 rings (SSSR count). The number of nitrogens with zero attached hydrogens (tertiary/aromatic N) is 1. The van der Waals surface area contributed by atoms with Crippen molar-refractivity contribution in [2.45, 2.75) is 71.6 Å². The van der Waals surface area contributed by atoms with E-state index < -0.39 is 0 Å². The van der Waals surface area contributed by atoms with Gasteiger partial charge in [-0.05, 0) is 97.3 Å². The van der Waals surface area contributed by atoms with E-state index in [0.29, 0.717) is 0 Å². The van der Waals surface area contributed by atoms with Gasteiger partial charge in [0.15, 0.2) is 0 Å². The molecule has 0 saturated carbocycles. The Kier molecular flexibility index (Phi) is 7.71. The van der Waals surface area contributed by atoms with E-state index in [2.05, 4.69) is 200 Å². The van der Waals surface area contributed by atoms with Crippen LogP contribution < -0.4 is 4.90 Å². The molecule has 0 aromatic heterocycles. The summed E-state index contributed by atoms with van der Waals surface area (Å²) in [6.45, 7) is 18.4. The predicted octanol–water partition coefficient (Wildman–Crippen LogP) is 13.4. The second-order valence-corrected chi connectivity index (χ2v) is 16.0. The van der Waals surface area contributed by atoms with Gasteiger partial charge in [0.05, 0.1) is 5.69 Å². The highest BCUT2D eigenvalue weighted by Crippen LogP contribution is 2.53. The van der Waals surface area contributed by atoms with Gasteiger partial charge in [0.25, 0.3) is 0 Å². The summed E-state index contributed by atoms with van der Waals surface area (Å²) in [5.74, 6) is 0. The molecular formula is C47H47N. The van der Waals surface area contributed by atoms with Crippen LogP contribution >= 0.6 is 0 Å². The first kappa shape index (κ1) is 31.7. The highest BCUT2D eigenvalue weighted by Gasteiger charge is 2.37. The Hall–Kier alpha value is -4.88. The van der Waals surface area contributed by atoms with Crippen LogP contribution in [-0.2, 0) is 16.2 Å². The van der Waals surface area contributed by atoms with Crippen LogP contribution in [0, 0.1) is 0 Å². The molecule has 0 fully saturated rings. The summed E-state index contributed by atoms with van der Waals surface area (Å²) in [5, 5.41) is 0. The zero-order valence-corrected chi connectivity index (χ0v) is 29.7. The summed E-state index contributed by atoms with van der Waals surface area (Å²) in [4.78, 5) is 2.47. The molecule has 0 unspecified atom stereocenters. The van der Waals surface area contributed by atoms with Crippen molar-refractivity contribution in [1.29, 1.82) is 0 Å². The Bertz CT molecular complexity index is 2010. The lowest BCUT2D eigenvalue weighted by Gasteiger charge is -2.31. The molecule has 0 spiro atoms. The summed E-state index contributed by atoms with van der Waals surface area (Å²) in [6, 6.07) is 52.0. The third kappa shape index (κ3) is 5.66. The second-order valence-electron chi connectivity index (χ2n) is 16.0. The lowest BCUT2D eigenvalue weighted by atomic mass is 9.81. The van der Waals surface area contributed by atoms with Crippen molar-refractivity contribution in [1.82, 2.24) is 0 Å². The monoisotopic (exact) mass is 625 g/mol. The van der Waals surface area contributed by atoms with Gasteiger partial charge in [-0.1, -0.05) is 159 Å². The molecule has 1 aliphatic rings. The summed E-state index contributed by atoms with van der Waals surface area (Å²) in [5.41, 5.74) is 16.5. The largest absolute Gasteiger partial charge is 0.310 e. The van der Waals surface area contributed by atoms with Crippen LogP contribution in [0.4, 0.5) is 17.1 Å². The van der Waals surface area contributed by atoms with Crippen molar-refractivity contribution < 1.29 is 0 Å². The van der Waals surface area contributed by atoms with Crippen molar-refractivity contribution in [3.63, 3.8) is 0 Å². The van der Waals surface area contributed by atoms with Crippen LogP contribution in [0.2, 0.25) is 0 Å². The molecule has 0 aliphatic heterocycles. The smallest absolute Gasteiger partial charge is 0.0543 e. The van der Waals surface area contributed by atoms with Crippen molar-refractivity contribution in [3.8, 4) is 33.4 Å². The number of benzene rings is 6. The van der Waals surface area contributed by atoms with Crippen LogP contribution in [0.25, 0.3) is 33.4 Å². The van der Waals surface area contributed by atoms with E-state index in [0.717, 1.165) is 11.4 Å². The molecule has 240 valence electrons. The normalized spacial score (nSPS) is 13.6. The summed E-state index contributed by atoms with van der Waals surface area (Å²) in [7, 11) is 0. The first-order chi connectivity index (χ1) is 22.8. The van der Waals surface area contributed by atoms with Crippen molar-refractivity contribution in [3.05, 3.63) is 162 Å². The first-order valence-electron chi connectivity index (χ1n) is 17.3. The average molecular weight is 626 g/mol. The topological polar surface area (TPSA) is 3.24 Å². The minimum absolute atomic E-state index is 0.0761. The number of fused-ring (bicyclic) bond motifs is 3. The van der Waals surface area contributed by atoms with Crippen LogP contribution in [0.3, 0.4) is 0 Å². The fourth-order valence-corrected chi connectivity index (χ4v) is 7.27. The standard InChI is InChI=1S/C47H47N/c1-45(2,3)35-22-26-37(27-23-35)48(38-28-24-36(25-29-38)46(4,5)6)44-31-43-41(39-16-12-13-17-42(39)47(43,7)8)30-40(44)34-20-18-33(19-21-34)32-14-10-9-11-15-32/h9-31H,1-8H3. The highest BCUT2D eigenvalue weighted by atomic mass is 15.1. The molecule has 0 bridgehead atoms. The average Bonchev–Trinajstić information content (AvgIpc) is 3.30. The molecule has 0 saturated heterocycles. The molecule has 0 heterocycles. The van der Waals surface area contributed by atoms with Gasteiger partial charge in [-0.15, -0.1) is 0 Å². The molecule has 1 nitrogen and oxygen atoms in total. The van der Waals surface area contributed by atoms with Crippen LogP contribution in [0.1, 0.15) is 77.6 Å². The maximum Gasteiger partial charge on any atom is 0.0543 e. The zero-order chi connectivity index (χ0) is 33.8. The fourth-order valence-electron chi connectivity index (χ4n) is 7.27. The van der Waals surface area contributed by atoms with E-state index in [4.69, 9.17) is 0 Å². The second kappa shape index (κ2) is 11.7. The maximum absolute atomic E-state index is 2.48. The molecule has 0 radical (unpaired) electrons. The predicted molar refractivity (Wildman–Crippen MR) is 207 cm³/mol. The van der Waals surface area contributed by atoms with Gasteiger partial charge in [0, 0.05) is 22.4 Å². The van der Waals surface area contributed by atoms with Crippen LogP contribution in [0.5, 0.6) is 0 Å². The Morgan fingerprint density at radius 3 is 1.44 bits per heavy atom. The van der Waals surface area contributed by atoms with E-state index in [1.807, 2.05) is 0 Å². The quantitative estimate of drug-likeness (QED) is 0.184. The molecular weight excluding hydrogens is 579 g/mol. The molecule has 1 aliphatic carbocycles. The number of hydrogen-bond donors (Lipinski definition) is 0. The van der Waals surface area contributed by atoms with Crippen molar-refractivity contribution >= 4 is 17.1 Å². The Labute approximate surface area is 287 Å². The Morgan fingerprint density at radius 1 is 0.417 bits per heavy atom. The Morgan fingerprint density at radius 2 is 0.896 bits per heavy atom. The van der Waals surface area contributed by atoms with Gasteiger partial charge in [-0.25, -0.2) is 0 Å². The van der Waals surface area contributed by atoms with E-state index in [-0.39, 0.29) is 16.2 Å². The minimum atomic E-state index is -0.117. The molecule has 1 heteroatoms. The first-order valence-corrected chi connectivity index (χ1v) is 17.3. The van der Waals surface area contributed by atoms with Crippen molar-refractivity contribution in [2.75, 3.05) is 4.90 Å². The minimum Gasteiger partial charge on any atom is -0.310 e.